The van der Waals surface area contributed by atoms with Gasteiger partial charge in [-0.2, -0.15) is 0 Å². The lowest BCUT2D eigenvalue weighted by Gasteiger charge is -2.20. The standard InChI is InChI=1S/C12H27NO4/c1-5-7-14-9-16-11(3)13-12(4)17-10-15-8-6-2/h11-13H,5-10H2,1-4H3. The molecule has 0 saturated heterocycles. The van der Waals surface area contributed by atoms with Crippen LogP contribution in [0.2, 0.25) is 0 Å². The third kappa shape index (κ3) is 12.1. The molecule has 0 aromatic carbocycles. The molecule has 2 unspecified atom stereocenters. The molecule has 0 heterocycles. The first-order valence-electron chi connectivity index (χ1n) is 6.35. The van der Waals surface area contributed by atoms with Gasteiger partial charge in [-0.15, -0.1) is 0 Å². The summed E-state index contributed by atoms with van der Waals surface area (Å²) in [5.41, 5.74) is 0. The predicted molar refractivity (Wildman–Crippen MR) is 66.4 cm³/mol. The van der Waals surface area contributed by atoms with Gasteiger partial charge in [0.1, 0.15) is 26.0 Å². The Balaban J connectivity index is 3.35. The minimum atomic E-state index is -0.104. The molecule has 104 valence electrons. The van der Waals surface area contributed by atoms with Gasteiger partial charge in [0.15, 0.2) is 0 Å². The molecule has 0 saturated carbocycles. The molecule has 0 aromatic heterocycles. The van der Waals surface area contributed by atoms with Crippen LogP contribution >= 0.6 is 0 Å². The van der Waals surface area contributed by atoms with Crippen molar-refractivity contribution in [2.24, 2.45) is 0 Å². The Bertz CT molecular complexity index is 141. The van der Waals surface area contributed by atoms with Gasteiger partial charge in [-0.1, -0.05) is 13.8 Å². The zero-order valence-electron chi connectivity index (χ0n) is 11.5. The smallest absolute Gasteiger partial charge is 0.148 e. The van der Waals surface area contributed by atoms with Gasteiger partial charge in [-0.25, -0.2) is 0 Å². The van der Waals surface area contributed by atoms with Gasteiger partial charge < -0.3 is 18.9 Å². The summed E-state index contributed by atoms with van der Waals surface area (Å²) >= 11 is 0. The Morgan fingerprint density at radius 2 is 1.24 bits per heavy atom. The summed E-state index contributed by atoms with van der Waals surface area (Å²) in [5, 5.41) is 3.13. The Morgan fingerprint density at radius 1 is 0.824 bits per heavy atom. The van der Waals surface area contributed by atoms with E-state index >= 15 is 0 Å². The maximum atomic E-state index is 5.39. The molecule has 5 nitrogen and oxygen atoms in total. The van der Waals surface area contributed by atoms with Crippen molar-refractivity contribution in [3.8, 4) is 0 Å². The molecule has 0 aliphatic heterocycles. The fourth-order valence-electron chi connectivity index (χ4n) is 1.13. The Hall–Kier alpha value is -0.200. The second kappa shape index (κ2) is 12.3. The summed E-state index contributed by atoms with van der Waals surface area (Å²) in [6, 6.07) is 0. The third-order valence-corrected chi connectivity index (χ3v) is 1.97. The van der Waals surface area contributed by atoms with Crippen molar-refractivity contribution >= 4 is 0 Å². The molecule has 0 radical (unpaired) electrons. The van der Waals surface area contributed by atoms with Gasteiger partial charge in [0.05, 0.1) is 0 Å². The highest BCUT2D eigenvalue weighted by Crippen LogP contribution is 1.94. The lowest BCUT2D eigenvalue weighted by atomic mass is 10.5. The molecule has 0 aliphatic carbocycles. The third-order valence-electron chi connectivity index (χ3n) is 1.97. The van der Waals surface area contributed by atoms with Crippen LogP contribution in [0.3, 0.4) is 0 Å². The predicted octanol–water partition coefficient (Wildman–Crippen LogP) is 2.07. The number of ether oxygens (including phenoxy) is 4. The van der Waals surface area contributed by atoms with E-state index in [2.05, 4.69) is 19.2 Å². The first-order chi connectivity index (χ1) is 8.20. The van der Waals surface area contributed by atoms with Crippen molar-refractivity contribution in [2.75, 3.05) is 26.8 Å². The molecule has 17 heavy (non-hydrogen) atoms. The molecule has 0 amide bonds. The van der Waals surface area contributed by atoms with E-state index in [1.165, 1.54) is 0 Å². The molecule has 0 rings (SSSR count). The average Bonchev–Trinajstić information content (AvgIpc) is 2.30. The summed E-state index contributed by atoms with van der Waals surface area (Å²) in [6.45, 7) is 10.0. The van der Waals surface area contributed by atoms with E-state index in [0.29, 0.717) is 13.6 Å². The number of hydrogen-bond donors (Lipinski definition) is 1. The number of hydrogen-bond acceptors (Lipinski definition) is 5. The van der Waals surface area contributed by atoms with E-state index < -0.39 is 0 Å². The van der Waals surface area contributed by atoms with Crippen LogP contribution in [0.25, 0.3) is 0 Å². The highest BCUT2D eigenvalue weighted by molar-refractivity contribution is 4.49. The number of rotatable bonds is 12. The lowest BCUT2D eigenvalue weighted by molar-refractivity contribution is -0.134. The van der Waals surface area contributed by atoms with Crippen LogP contribution in [0.5, 0.6) is 0 Å². The Labute approximate surface area is 105 Å². The van der Waals surface area contributed by atoms with Crippen molar-refractivity contribution < 1.29 is 18.9 Å². The maximum Gasteiger partial charge on any atom is 0.148 e. The van der Waals surface area contributed by atoms with Crippen molar-refractivity contribution in [1.29, 1.82) is 0 Å². The van der Waals surface area contributed by atoms with Gasteiger partial charge >= 0.3 is 0 Å². The summed E-state index contributed by atoms with van der Waals surface area (Å²) in [5.74, 6) is 0. The van der Waals surface area contributed by atoms with Crippen LogP contribution < -0.4 is 5.32 Å². The zero-order chi connectivity index (χ0) is 12.9. The Kier molecular flexibility index (Phi) is 12.1. The van der Waals surface area contributed by atoms with E-state index in [-0.39, 0.29) is 12.5 Å². The minimum Gasteiger partial charge on any atom is -0.355 e. The fourth-order valence-corrected chi connectivity index (χ4v) is 1.13. The topological polar surface area (TPSA) is 49.0 Å². The fraction of sp³-hybridized carbons (Fsp3) is 1.00. The molecule has 2 atom stereocenters. The van der Waals surface area contributed by atoms with E-state index in [1.807, 2.05) is 13.8 Å². The number of nitrogens with one attached hydrogen (secondary N) is 1. The van der Waals surface area contributed by atoms with E-state index in [1.54, 1.807) is 0 Å². The van der Waals surface area contributed by atoms with Crippen molar-refractivity contribution in [3.63, 3.8) is 0 Å². The first-order valence-corrected chi connectivity index (χ1v) is 6.35. The summed E-state index contributed by atoms with van der Waals surface area (Å²) in [7, 11) is 0. The van der Waals surface area contributed by atoms with Crippen LogP contribution in [-0.4, -0.2) is 39.3 Å². The van der Waals surface area contributed by atoms with Gasteiger partial charge in [0.25, 0.3) is 0 Å². The normalized spacial score (nSPS) is 14.8. The average molecular weight is 249 g/mol. The minimum absolute atomic E-state index is 0.104. The van der Waals surface area contributed by atoms with E-state index in [9.17, 15) is 0 Å². The van der Waals surface area contributed by atoms with Crippen LogP contribution in [0.15, 0.2) is 0 Å². The molecular formula is C12H27NO4. The Morgan fingerprint density at radius 3 is 1.59 bits per heavy atom. The maximum absolute atomic E-state index is 5.39. The van der Waals surface area contributed by atoms with Gasteiger partial charge in [-0.3, -0.25) is 5.32 Å². The molecule has 0 bridgehead atoms. The lowest BCUT2D eigenvalue weighted by Crippen LogP contribution is -2.38. The van der Waals surface area contributed by atoms with Crippen LogP contribution in [0.4, 0.5) is 0 Å². The molecule has 0 fully saturated rings. The summed E-state index contributed by atoms with van der Waals surface area (Å²) in [4.78, 5) is 0. The van der Waals surface area contributed by atoms with Crippen LogP contribution in [0, 0.1) is 0 Å². The molecule has 0 spiro atoms. The SMILES string of the molecule is CCCOCOC(C)NC(C)OCOCCC. The first kappa shape index (κ1) is 16.8. The van der Waals surface area contributed by atoms with E-state index in [4.69, 9.17) is 18.9 Å². The van der Waals surface area contributed by atoms with Crippen molar-refractivity contribution in [1.82, 2.24) is 5.32 Å². The largest absolute Gasteiger partial charge is 0.355 e. The van der Waals surface area contributed by atoms with Gasteiger partial charge in [0.2, 0.25) is 0 Å². The zero-order valence-corrected chi connectivity index (χ0v) is 11.5. The second-order valence-corrected chi connectivity index (χ2v) is 3.84. The van der Waals surface area contributed by atoms with Crippen LogP contribution in [0.1, 0.15) is 40.5 Å². The highest BCUT2D eigenvalue weighted by atomic mass is 16.7. The molecule has 1 N–H and O–H groups in total. The monoisotopic (exact) mass is 249 g/mol. The molecule has 0 aliphatic rings. The van der Waals surface area contributed by atoms with Crippen molar-refractivity contribution in [3.05, 3.63) is 0 Å². The van der Waals surface area contributed by atoms with Gasteiger partial charge in [0, 0.05) is 13.2 Å². The van der Waals surface area contributed by atoms with Crippen LogP contribution in [-0.2, 0) is 18.9 Å². The molecule has 5 heteroatoms. The second-order valence-electron chi connectivity index (χ2n) is 3.84. The van der Waals surface area contributed by atoms with Gasteiger partial charge in [-0.05, 0) is 26.7 Å². The molecule has 0 aromatic rings. The summed E-state index contributed by atoms with van der Waals surface area (Å²) < 4.78 is 21.2. The van der Waals surface area contributed by atoms with Crippen molar-refractivity contribution in [2.45, 2.75) is 53.0 Å². The molecular weight excluding hydrogens is 222 g/mol. The highest BCUT2D eigenvalue weighted by Gasteiger charge is 2.07. The quantitative estimate of drug-likeness (QED) is 0.424. The summed E-state index contributed by atoms with van der Waals surface area (Å²) in [6.07, 6.45) is 1.79. The van der Waals surface area contributed by atoms with E-state index in [0.717, 1.165) is 26.1 Å².